The molecular formula is C10H20O2S. The van der Waals surface area contributed by atoms with Gasteiger partial charge in [0.2, 0.25) is 0 Å². The molecule has 0 amide bonds. The van der Waals surface area contributed by atoms with Crippen LogP contribution >= 0.6 is 0 Å². The number of hydrogen-bond donors (Lipinski definition) is 0. The molecule has 0 bridgehead atoms. The van der Waals surface area contributed by atoms with Gasteiger partial charge in [0.15, 0.2) is 0 Å². The van der Waals surface area contributed by atoms with Gasteiger partial charge in [0.1, 0.15) is 9.84 Å². The molecule has 3 heteroatoms. The van der Waals surface area contributed by atoms with Gasteiger partial charge in [-0.05, 0) is 26.2 Å². The Kier molecular flexibility index (Phi) is 6.96. The van der Waals surface area contributed by atoms with Gasteiger partial charge >= 0.3 is 0 Å². The molecule has 0 aliphatic carbocycles. The molecule has 0 spiro atoms. The van der Waals surface area contributed by atoms with Gasteiger partial charge in [0.05, 0.1) is 11.5 Å². The normalized spacial score (nSPS) is 12.5. The fraction of sp³-hybridized carbons (Fsp3) is 0.800. The maximum absolute atomic E-state index is 11.3. The summed E-state index contributed by atoms with van der Waals surface area (Å²) in [6.07, 6.45) is 7.35. The van der Waals surface area contributed by atoms with E-state index in [0.29, 0.717) is 11.5 Å². The van der Waals surface area contributed by atoms with E-state index in [2.05, 4.69) is 0 Å². The molecule has 0 rings (SSSR count). The van der Waals surface area contributed by atoms with Crippen LogP contribution < -0.4 is 0 Å². The molecule has 78 valence electrons. The molecule has 13 heavy (non-hydrogen) atoms. The summed E-state index contributed by atoms with van der Waals surface area (Å²) in [4.78, 5) is 0. The highest BCUT2D eigenvalue weighted by molar-refractivity contribution is 7.91. The summed E-state index contributed by atoms with van der Waals surface area (Å²) >= 11 is 0. The van der Waals surface area contributed by atoms with E-state index in [4.69, 9.17) is 0 Å². The van der Waals surface area contributed by atoms with Crippen molar-refractivity contribution in [2.45, 2.75) is 39.5 Å². The first kappa shape index (κ1) is 12.7. The van der Waals surface area contributed by atoms with Crippen molar-refractivity contribution in [2.24, 2.45) is 0 Å². The van der Waals surface area contributed by atoms with E-state index in [1.807, 2.05) is 26.0 Å². The van der Waals surface area contributed by atoms with Crippen LogP contribution in [0.25, 0.3) is 0 Å². The van der Waals surface area contributed by atoms with Crippen LogP contribution in [0.15, 0.2) is 12.2 Å². The van der Waals surface area contributed by atoms with E-state index in [-0.39, 0.29) is 0 Å². The minimum Gasteiger partial charge on any atom is -0.229 e. The maximum atomic E-state index is 11.3. The second kappa shape index (κ2) is 7.13. The fourth-order valence-corrected chi connectivity index (χ4v) is 2.59. The van der Waals surface area contributed by atoms with Gasteiger partial charge in [-0.15, -0.1) is 0 Å². The average molecular weight is 204 g/mol. The van der Waals surface area contributed by atoms with Crippen molar-refractivity contribution in [3.05, 3.63) is 12.2 Å². The maximum Gasteiger partial charge on any atom is 0.150 e. The van der Waals surface area contributed by atoms with Crippen molar-refractivity contribution in [1.82, 2.24) is 0 Å². The van der Waals surface area contributed by atoms with Crippen LogP contribution in [0.3, 0.4) is 0 Å². The predicted molar refractivity (Wildman–Crippen MR) is 57.6 cm³/mol. The average Bonchev–Trinajstić information content (AvgIpc) is 2.09. The quantitative estimate of drug-likeness (QED) is 0.472. The molecule has 0 N–H and O–H groups in total. The third kappa shape index (κ3) is 8.03. The first-order chi connectivity index (χ1) is 6.12. The van der Waals surface area contributed by atoms with Crippen molar-refractivity contribution >= 4 is 9.84 Å². The Labute approximate surface area is 82.0 Å². The zero-order valence-electron chi connectivity index (χ0n) is 8.62. The van der Waals surface area contributed by atoms with E-state index in [9.17, 15) is 8.42 Å². The van der Waals surface area contributed by atoms with Crippen molar-refractivity contribution in [1.29, 1.82) is 0 Å². The van der Waals surface area contributed by atoms with E-state index in [1.165, 1.54) is 0 Å². The molecule has 2 nitrogen and oxygen atoms in total. The van der Waals surface area contributed by atoms with Crippen LogP contribution in [-0.2, 0) is 9.84 Å². The summed E-state index contributed by atoms with van der Waals surface area (Å²) in [7, 11) is -2.76. The summed E-state index contributed by atoms with van der Waals surface area (Å²) in [5.74, 6) is 0.705. The molecule has 0 aromatic rings. The standard InChI is InChI=1S/C10H20O2S/c1-3-5-7-8-10-13(11,12)9-6-4-2/h3,5H,4,6-10H2,1-2H3/b5-3+. The summed E-state index contributed by atoms with van der Waals surface area (Å²) in [5, 5.41) is 0. The highest BCUT2D eigenvalue weighted by Crippen LogP contribution is 2.01. The van der Waals surface area contributed by atoms with Crippen LogP contribution in [0.4, 0.5) is 0 Å². The molecule has 0 radical (unpaired) electrons. The highest BCUT2D eigenvalue weighted by atomic mass is 32.2. The third-order valence-corrected chi connectivity index (χ3v) is 3.69. The van der Waals surface area contributed by atoms with Gasteiger partial charge in [-0.25, -0.2) is 8.42 Å². The molecule has 0 aliphatic rings. The Balaban J connectivity index is 3.63. The summed E-state index contributed by atoms with van der Waals surface area (Å²) in [6.45, 7) is 3.96. The SMILES string of the molecule is C/C=C/CCCS(=O)(=O)CCCC. The lowest BCUT2D eigenvalue weighted by atomic mass is 10.3. The monoisotopic (exact) mass is 204 g/mol. The van der Waals surface area contributed by atoms with Crippen LogP contribution in [0.1, 0.15) is 39.5 Å². The van der Waals surface area contributed by atoms with Crippen LogP contribution in [0, 0.1) is 0 Å². The number of rotatable bonds is 7. The van der Waals surface area contributed by atoms with Crippen molar-refractivity contribution < 1.29 is 8.42 Å². The highest BCUT2D eigenvalue weighted by Gasteiger charge is 2.08. The minimum atomic E-state index is -2.76. The largest absolute Gasteiger partial charge is 0.229 e. The minimum absolute atomic E-state index is 0.345. The van der Waals surface area contributed by atoms with Crippen molar-refractivity contribution in [3.8, 4) is 0 Å². The number of unbranched alkanes of at least 4 members (excludes halogenated alkanes) is 2. The molecule has 0 saturated heterocycles. The first-order valence-corrected chi connectivity index (χ1v) is 6.76. The van der Waals surface area contributed by atoms with E-state index >= 15 is 0 Å². The Bertz CT molecular complexity index is 227. The lowest BCUT2D eigenvalue weighted by Gasteiger charge is -2.01. The number of hydrogen-bond acceptors (Lipinski definition) is 2. The number of sulfone groups is 1. The predicted octanol–water partition coefficient (Wildman–Crippen LogP) is 2.56. The summed E-state index contributed by atoms with van der Waals surface area (Å²) < 4.78 is 22.7. The van der Waals surface area contributed by atoms with E-state index in [0.717, 1.165) is 25.7 Å². The second-order valence-electron chi connectivity index (χ2n) is 3.22. The van der Waals surface area contributed by atoms with Gasteiger partial charge in [0.25, 0.3) is 0 Å². The van der Waals surface area contributed by atoms with Gasteiger partial charge in [-0.3, -0.25) is 0 Å². The first-order valence-electron chi connectivity index (χ1n) is 4.94. The zero-order valence-corrected chi connectivity index (χ0v) is 9.44. The second-order valence-corrected chi connectivity index (χ2v) is 5.52. The van der Waals surface area contributed by atoms with Gasteiger partial charge in [0, 0.05) is 0 Å². The molecule has 0 aromatic carbocycles. The molecule has 0 aliphatic heterocycles. The summed E-state index contributed by atoms with van der Waals surface area (Å²) in [5.41, 5.74) is 0. The molecule has 0 unspecified atom stereocenters. The van der Waals surface area contributed by atoms with Crippen LogP contribution in [-0.4, -0.2) is 19.9 Å². The zero-order chi connectivity index (χ0) is 10.2. The van der Waals surface area contributed by atoms with Crippen LogP contribution in [0.2, 0.25) is 0 Å². The van der Waals surface area contributed by atoms with Crippen molar-refractivity contribution in [3.63, 3.8) is 0 Å². The Morgan fingerprint density at radius 2 is 1.77 bits per heavy atom. The fourth-order valence-electron chi connectivity index (χ4n) is 1.05. The lowest BCUT2D eigenvalue weighted by molar-refractivity contribution is 0.590. The molecule has 0 saturated carbocycles. The number of allylic oxidation sites excluding steroid dienone is 2. The Morgan fingerprint density at radius 3 is 2.31 bits per heavy atom. The van der Waals surface area contributed by atoms with Gasteiger partial charge < -0.3 is 0 Å². The topological polar surface area (TPSA) is 34.1 Å². The third-order valence-electron chi connectivity index (χ3n) is 1.87. The Hall–Kier alpha value is -0.310. The molecule has 0 fully saturated rings. The molecular weight excluding hydrogens is 184 g/mol. The smallest absolute Gasteiger partial charge is 0.150 e. The van der Waals surface area contributed by atoms with Crippen molar-refractivity contribution in [2.75, 3.05) is 11.5 Å². The van der Waals surface area contributed by atoms with E-state index < -0.39 is 9.84 Å². The molecule has 0 aromatic heterocycles. The Morgan fingerprint density at radius 1 is 1.15 bits per heavy atom. The van der Waals surface area contributed by atoms with E-state index in [1.54, 1.807) is 0 Å². The lowest BCUT2D eigenvalue weighted by Crippen LogP contribution is -2.10. The van der Waals surface area contributed by atoms with Crippen LogP contribution in [0.5, 0.6) is 0 Å². The van der Waals surface area contributed by atoms with Gasteiger partial charge in [-0.2, -0.15) is 0 Å². The van der Waals surface area contributed by atoms with Gasteiger partial charge in [-0.1, -0.05) is 25.5 Å². The molecule has 0 heterocycles. The summed E-state index contributed by atoms with van der Waals surface area (Å²) in [6, 6.07) is 0. The molecule has 0 atom stereocenters.